The molecule has 0 aliphatic carbocycles. The summed E-state index contributed by atoms with van der Waals surface area (Å²) in [5.74, 6) is -11.0. The third kappa shape index (κ3) is 7.42. The van der Waals surface area contributed by atoms with Crippen molar-refractivity contribution in [1.29, 1.82) is 0 Å². The van der Waals surface area contributed by atoms with E-state index in [-0.39, 0.29) is 28.8 Å². The summed E-state index contributed by atoms with van der Waals surface area (Å²) < 4.78 is 138. The lowest BCUT2D eigenvalue weighted by Gasteiger charge is -2.20. The molecule has 0 aliphatic rings. The van der Waals surface area contributed by atoms with E-state index >= 15 is 8.78 Å². The standard InChI is InChI=1S/C36H26F9NO2/c1-2-3-4-5-20-6-11-33(46-18-20)22-8-10-25(28(39)13-22)21-7-9-26(27(38)12-21)23-14-29(40)34(30(41)15-23)36(44,45)48-24-16-31(42)35(47-19-37)32(43)17-24/h6-18H,2-5,19H2,1H3. The molecule has 0 bridgehead atoms. The number of alkyl halides is 3. The Morgan fingerprint density at radius 1 is 0.646 bits per heavy atom. The van der Waals surface area contributed by atoms with Gasteiger partial charge >= 0.3 is 6.11 Å². The van der Waals surface area contributed by atoms with Crippen molar-refractivity contribution in [1.82, 2.24) is 4.98 Å². The van der Waals surface area contributed by atoms with E-state index in [4.69, 9.17) is 0 Å². The van der Waals surface area contributed by atoms with Crippen LogP contribution in [0.1, 0.15) is 37.3 Å². The van der Waals surface area contributed by atoms with Crippen LogP contribution in [0.15, 0.2) is 79.0 Å². The molecule has 3 nitrogen and oxygen atoms in total. The number of hydrogen-bond donors (Lipinski definition) is 0. The SMILES string of the molecule is CCCCCc1ccc(-c2ccc(-c3ccc(-c4cc(F)c(C(F)(F)Oc5cc(F)c(OCF)c(F)c5)c(F)c4)c(F)c3)c(F)c2)nc1. The average Bonchev–Trinajstić information content (AvgIpc) is 3.02. The maximum absolute atomic E-state index is 15.2. The molecule has 4 aromatic carbocycles. The van der Waals surface area contributed by atoms with Crippen LogP contribution in [0.5, 0.6) is 11.5 Å². The molecule has 0 spiro atoms. The van der Waals surface area contributed by atoms with E-state index in [1.807, 2.05) is 6.07 Å². The Labute approximate surface area is 269 Å². The number of ether oxygens (including phenoxy) is 2. The van der Waals surface area contributed by atoms with Crippen LogP contribution in [0.2, 0.25) is 0 Å². The summed E-state index contributed by atoms with van der Waals surface area (Å²) in [6.45, 7) is 0.497. The molecule has 1 aromatic heterocycles. The van der Waals surface area contributed by atoms with Crippen molar-refractivity contribution in [2.24, 2.45) is 0 Å². The quantitative estimate of drug-likeness (QED) is 0.0974. The van der Waals surface area contributed by atoms with Crippen LogP contribution in [0.4, 0.5) is 39.5 Å². The molecule has 0 amide bonds. The van der Waals surface area contributed by atoms with Crippen LogP contribution in [0.25, 0.3) is 33.5 Å². The van der Waals surface area contributed by atoms with Crippen LogP contribution < -0.4 is 9.47 Å². The lowest BCUT2D eigenvalue weighted by atomic mass is 9.97. The second-order valence-electron chi connectivity index (χ2n) is 10.8. The first-order valence-electron chi connectivity index (χ1n) is 14.7. The van der Waals surface area contributed by atoms with Gasteiger partial charge in [0.25, 0.3) is 0 Å². The summed E-state index contributed by atoms with van der Waals surface area (Å²) in [5.41, 5.74) is -0.544. The molecular formula is C36H26F9NO2. The van der Waals surface area contributed by atoms with Crippen LogP contribution in [0.3, 0.4) is 0 Å². The highest BCUT2D eigenvalue weighted by Gasteiger charge is 2.41. The molecule has 0 saturated carbocycles. The minimum Gasteiger partial charge on any atom is -0.457 e. The lowest BCUT2D eigenvalue weighted by Crippen LogP contribution is -2.25. The number of halogens is 9. The normalized spacial score (nSPS) is 11.5. The largest absolute Gasteiger partial charge is 0.457 e. The number of rotatable bonds is 12. The second kappa shape index (κ2) is 14.4. The Balaban J connectivity index is 1.36. The summed E-state index contributed by atoms with van der Waals surface area (Å²) >= 11 is 0. The van der Waals surface area contributed by atoms with Gasteiger partial charge in [0.1, 0.15) is 34.6 Å². The van der Waals surface area contributed by atoms with Gasteiger partial charge < -0.3 is 9.47 Å². The summed E-state index contributed by atoms with van der Waals surface area (Å²) in [7, 11) is 0. The molecule has 0 N–H and O–H groups in total. The molecule has 0 aliphatic heterocycles. The van der Waals surface area contributed by atoms with Crippen molar-refractivity contribution >= 4 is 0 Å². The van der Waals surface area contributed by atoms with E-state index in [2.05, 4.69) is 21.4 Å². The van der Waals surface area contributed by atoms with Crippen molar-refractivity contribution in [3.8, 4) is 45.0 Å². The van der Waals surface area contributed by atoms with Crippen molar-refractivity contribution in [2.75, 3.05) is 6.86 Å². The number of aryl methyl sites for hydroxylation is 1. The molecular weight excluding hydrogens is 649 g/mol. The van der Waals surface area contributed by atoms with E-state index in [0.29, 0.717) is 23.4 Å². The zero-order valence-electron chi connectivity index (χ0n) is 25.2. The first-order valence-corrected chi connectivity index (χ1v) is 14.7. The molecule has 48 heavy (non-hydrogen) atoms. The van der Waals surface area contributed by atoms with Gasteiger partial charge in [0.15, 0.2) is 17.4 Å². The van der Waals surface area contributed by atoms with Gasteiger partial charge in [-0.25, -0.2) is 30.7 Å². The van der Waals surface area contributed by atoms with Crippen LogP contribution in [-0.4, -0.2) is 11.8 Å². The minimum absolute atomic E-state index is 0.0297. The molecule has 0 unspecified atom stereocenters. The topological polar surface area (TPSA) is 31.4 Å². The van der Waals surface area contributed by atoms with Gasteiger partial charge in [-0.15, -0.1) is 0 Å². The minimum atomic E-state index is -4.80. The highest BCUT2D eigenvalue weighted by molar-refractivity contribution is 5.73. The maximum atomic E-state index is 15.2. The molecule has 5 rings (SSSR count). The van der Waals surface area contributed by atoms with Gasteiger partial charge in [-0.1, -0.05) is 50.1 Å². The maximum Gasteiger partial charge on any atom is 0.432 e. The van der Waals surface area contributed by atoms with E-state index in [1.54, 1.807) is 18.3 Å². The fraction of sp³-hybridized carbons (Fsp3) is 0.194. The number of benzene rings is 4. The molecule has 0 saturated heterocycles. The van der Waals surface area contributed by atoms with Gasteiger partial charge in [-0.3, -0.25) is 4.98 Å². The van der Waals surface area contributed by atoms with Gasteiger partial charge in [0, 0.05) is 35.0 Å². The van der Waals surface area contributed by atoms with Crippen molar-refractivity contribution < 1.29 is 49.0 Å². The highest BCUT2D eigenvalue weighted by Crippen LogP contribution is 2.39. The van der Waals surface area contributed by atoms with Crippen molar-refractivity contribution in [2.45, 2.75) is 38.7 Å². The van der Waals surface area contributed by atoms with Gasteiger partial charge in [0.2, 0.25) is 6.86 Å². The molecule has 5 aromatic rings. The van der Waals surface area contributed by atoms with Gasteiger partial charge in [-0.05, 0) is 59.9 Å². The zero-order chi connectivity index (χ0) is 34.6. The highest BCUT2D eigenvalue weighted by atomic mass is 19.3. The van der Waals surface area contributed by atoms with Crippen LogP contribution >= 0.6 is 0 Å². The second-order valence-corrected chi connectivity index (χ2v) is 10.8. The lowest BCUT2D eigenvalue weighted by molar-refractivity contribution is -0.189. The molecule has 0 radical (unpaired) electrons. The summed E-state index contributed by atoms with van der Waals surface area (Å²) in [4.78, 5) is 4.41. The number of pyridine rings is 1. The van der Waals surface area contributed by atoms with Gasteiger partial charge in [-0.2, -0.15) is 8.78 Å². The average molecular weight is 676 g/mol. The molecule has 0 fully saturated rings. The number of aromatic nitrogens is 1. The zero-order valence-corrected chi connectivity index (χ0v) is 25.2. The van der Waals surface area contributed by atoms with E-state index in [1.165, 1.54) is 18.2 Å². The Morgan fingerprint density at radius 2 is 1.23 bits per heavy atom. The van der Waals surface area contributed by atoms with Gasteiger partial charge in [0.05, 0.1) is 5.69 Å². The third-order valence-corrected chi connectivity index (χ3v) is 7.50. The molecule has 12 heteroatoms. The number of nitrogens with zero attached hydrogens (tertiary/aromatic N) is 1. The van der Waals surface area contributed by atoms with Crippen molar-refractivity contribution in [3.63, 3.8) is 0 Å². The Morgan fingerprint density at radius 3 is 1.79 bits per heavy atom. The Hall–Kier alpha value is -5.00. The van der Waals surface area contributed by atoms with Crippen LogP contribution in [0, 0.1) is 34.9 Å². The van der Waals surface area contributed by atoms with Crippen LogP contribution in [-0.2, 0) is 12.5 Å². The predicted octanol–water partition coefficient (Wildman–Crippen LogP) is 11.1. The smallest absolute Gasteiger partial charge is 0.432 e. The number of unbranched alkanes of at least 4 members (excludes halogenated alkanes) is 2. The fourth-order valence-corrected chi connectivity index (χ4v) is 5.14. The molecule has 1 heterocycles. The predicted molar refractivity (Wildman–Crippen MR) is 161 cm³/mol. The summed E-state index contributed by atoms with van der Waals surface area (Å²) in [5, 5.41) is 0. The monoisotopic (exact) mass is 675 g/mol. The van der Waals surface area contributed by atoms with Crippen molar-refractivity contribution in [3.05, 3.63) is 125 Å². The van der Waals surface area contributed by atoms with E-state index in [9.17, 15) is 30.7 Å². The van der Waals surface area contributed by atoms with E-state index in [0.717, 1.165) is 43.4 Å². The van der Waals surface area contributed by atoms with E-state index < -0.39 is 70.5 Å². The Kier molecular flexibility index (Phi) is 10.3. The summed E-state index contributed by atoms with van der Waals surface area (Å²) in [6, 6.07) is 12.6. The third-order valence-electron chi connectivity index (χ3n) is 7.50. The fourth-order valence-electron chi connectivity index (χ4n) is 5.14. The first-order chi connectivity index (χ1) is 22.9. The summed E-state index contributed by atoms with van der Waals surface area (Å²) in [6.07, 6.45) is 1.08. The Bertz CT molecular complexity index is 1880. The molecule has 250 valence electrons. The number of hydrogen-bond acceptors (Lipinski definition) is 3. The first kappa shape index (κ1) is 34.3. The molecule has 0 atom stereocenters.